The van der Waals surface area contributed by atoms with Gasteiger partial charge in [0.2, 0.25) is 0 Å². The number of hydrogen-bond donors (Lipinski definition) is 1. The normalized spacial score (nSPS) is 17.3. The van der Waals surface area contributed by atoms with Crippen molar-refractivity contribution in [2.75, 3.05) is 6.54 Å². The molecule has 3 nitrogen and oxygen atoms in total. The van der Waals surface area contributed by atoms with Gasteiger partial charge >= 0.3 is 0 Å². The second kappa shape index (κ2) is 4.39. The van der Waals surface area contributed by atoms with Gasteiger partial charge in [0.25, 0.3) is 0 Å². The highest BCUT2D eigenvalue weighted by molar-refractivity contribution is 5.77. The van der Waals surface area contributed by atoms with Crippen LogP contribution in [0.15, 0.2) is 18.2 Å². The van der Waals surface area contributed by atoms with Crippen molar-refractivity contribution in [3.05, 3.63) is 29.6 Å². The van der Waals surface area contributed by atoms with Crippen LogP contribution in [0.2, 0.25) is 0 Å². The second-order valence-corrected chi connectivity index (χ2v) is 5.53. The second-order valence-electron chi connectivity index (χ2n) is 5.53. The summed E-state index contributed by atoms with van der Waals surface area (Å²) in [7, 11) is 2.14. The third kappa shape index (κ3) is 1.93. The molecule has 96 valence electrons. The maximum Gasteiger partial charge on any atom is 0.112 e. The van der Waals surface area contributed by atoms with E-state index in [-0.39, 0.29) is 0 Å². The van der Waals surface area contributed by atoms with Gasteiger partial charge in [-0.05, 0) is 49.4 Å². The van der Waals surface area contributed by atoms with E-state index >= 15 is 0 Å². The van der Waals surface area contributed by atoms with Crippen molar-refractivity contribution in [3.8, 4) is 0 Å². The van der Waals surface area contributed by atoms with E-state index in [0.717, 1.165) is 18.5 Å². The summed E-state index contributed by atoms with van der Waals surface area (Å²) in [5.41, 5.74) is 9.41. The Kier molecular flexibility index (Phi) is 2.86. The monoisotopic (exact) mass is 243 g/mol. The molecule has 2 aromatic rings. The molecule has 1 aromatic heterocycles. The van der Waals surface area contributed by atoms with Crippen LogP contribution in [-0.4, -0.2) is 16.1 Å². The SMILES string of the molecule is CC(CCN)c1ccc2nc(C3CC3)n(C)c2c1. The molecule has 2 N–H and O–H groups in total. The third-order valence-corrected chi connectivity index (χ3v) is 4.05. The molecule has 0 spiro atoms. The fourth-order valence-electron chi connectivity index (χ4n) is 2.66. The van der Waals surface area contributed by atoms with Crippen LogP contribution < -0.4 is 5.73 Å². The summed E-state index contributed by atoms with van der Waals surface area (Å²) in [6.45, 7) is 2.99. The standard InChI is InChI=1S/C15H21N3/c1-10(7-8-16)12-5-6-13-14(9-12)18(2)15(17-13)11-3-4-11/h5-6,9-11H,3-4,7-8,16H2,1-2H3. The van der Waals surface area contributed by atoms with E-state index in [1.807, 2.05) is 0 Å². The van der Waals surface area contributed by atoms with E-state index in [9.17, 15) is 0 Å². The van der Waals surface area contributed by atoms with Gasteiger partial charge in [-0.25, -0.2) is 4.98 Å². The summed E-state index contributed by atoms with van der Waals surface area (Å²) in [5, 5.41) is 0. The molecule has 3 rings (SSSR count). The fraction of sp³-hybridized carbons (Fsp3) is 0.533. The lowest BCUT2D eigenvalue weighted by atomic mass is 9.97. The molecule has 1 heterocycles. The molecular weight excluding hydrogens is 222 g/mol. The molecule has 1 aromatic carbocycles. The predicted octanol–water partition coefficient (Wildman–Crippen LogP) is 2.90. The van der Waals surface area contributed by atoms with Crippen molar-refractivity contribution in [1.29, 1.82) is 0 Å². The number of hydrogen-bond acceptors (Lipinski definition) is 2. The van der Waals surface area contributed by atoms with Crippen LogP contribution in [0, 0.1) is 0 Å². The van der Waals surface area contributed by atoms with E-state index in [1.54, 1.807) is 0 Å². The van der Waals surface area contributed by atoms with Crippen LogP contribution in [0.1, 0.15) is 49.4 Å². The van der Waals surface area contributed by atoms with E-state index in [2.05, 4.69) is 36.7 Å². The van der Waals surface area contributed by atoms with Crippen molar-refractivity contribution in [3.63, 3.8) is 0 Å². The molecule has 0 aliphatic heterocycles. The number of imidazole rings is 1. The average Bonchev–Trinajstić information content (AvgIpc) is 3.15. The highest BCUT2D eigenvalue weighted by Gasteiger charge is 2.28. The summed E-state index contributed by atoms with van der Waals surface area (Å²) < 4.78 is 2.27. The molecule has 3 heteroatoms. The van der Waals surface area contributed by atoms with Gasteiger partial charge < -0.3 is 10.3 Å². The van der Waals surface area contributed by atoms with Crippen molar-refractivity contribution in [2.45, 2.75) is 38.0 Å². The van der Waals surface area contributed by atoms with Crippen LogP contribution in [0.4, 0.5) is 0 Å². The molecule has 18 heavy (non-hydrogen) atoms. The van der Waals surface area contributed by atoms with Crippen molar-refractivity contribution in [1.82, 2.24) is 9.55 Å². The van der Waals surface area contributed by atoms with Crippen LogP contribution in [-0.2, 0) is 7.05 Å². The first-order chi connectivity index (χ1) is 8.70. The van der Waals surface area contributed by atoms with Gasteiger partial charge in [-0.1, -0.05) is 13.0 Å². The van der Waals surface area contributed by atoms with Gasteiger partial charge in [-0.2, -0.15) is 0 Å². The first kappa shape index (κ1) is 11.7. The van der Waals surface area contributed by atoms with Gasteiger partial charge in [-0.15, -0.1) is 0 Å². The van der Waals surface area contributed by atoms with Crippen LogP contribution in [0.5, 0.6) is 0 Å². The number of aryl methyl sites for hydroxylation is 1. The molecule has 1 aliphatic carbocycles. The highest BCUT2D eigenvalue weighted by atomic mass is 15.1. The Bertz CT molecular complexity index is 566. The zero-order valence-corrected chi connectivity index (χ0v) is 11.2. The fourth-order valence-corrected chi connectivity index (χ4v) is 2.66. The summed E-state index contributed by atoms with van der Waals surface area (Å²) in [6.07, 6.45) is 3.64. The van der Waals surface area contributed by atoms with Crippen molar-refractivity contribution < 1.29 is 0 Å². The molecule has 1 fully saturated rings. The van der Waals surface area contributed by atoms with Crippen LogP contribution in [0.3, 0.4) is 0 Å². The highest BCUT2D eigenvalue weighted by Crippen LogP contribution is 2.40. The van der Waals surface area contributed by atoms with Gasteiger partial charge in [-0.3, -0.25) is 0 Å². The summed E-state index contributed by atoms with van der Waals surface area (Å²) in [6, 6.07) is 6.64. The minimum absolute atomic E-state index is 0.527. The Balaban J connectivity index is 2.02. The molecular formula is C15H21N3. The smallest absolute Gasteiger partial charge is 0.112 e. The van der Waals surface area contributed by atoms with E-state index in [0.29, 0.717) is 11.8 Å². The summed E-state index contributed by atoms with van der Waals surface area (Å²) in [4.78, 5) is 4.76. The molecule has 0 amide bonds. The predicted molar refractivity (Wildman–Crippen MR) is 74.8 cm³/mol. The lowest BCUT2D eigenvalue weighted by Gasteiger charge is -2.10. The number of rotatable bonds is 4. The summed E-state index contributed by atoms with van der Waals surface area (Å²) in [5.74, 6) is 2.49. The van der Waals surface area contributed by atoms with E-state index < -0.39 is 0 Å². The maximum absolute atomic E-state index is 5.64. The van der Waals surface area contributed by atoms with Gasteiger partial charge in [0.05, 0.1) is 11.0 Å². The van der Waals surface area contributed by atoms with E-state index in [4.69, 9.17) is 10.7 Å². The molecule has 1 unspecified atom stereocenters. The Hall–Kier alpha value is -1.35. The lowest BCUT2D eigenvalue weighted by molar-refractivity contribution is 0.690. The average molecular weight is 243 g/mol. The largest absolute Gasteiger partial charge is 0.331 e. The molecule has 1 aliphatic rings. The Morgan fingerprint density at radius 3 is 2.89 bits per heavy atom. The Morgan fingerprint density at radius 1 is 1.44 bits per heavy atom. The Labute approximate surface area is 108 Å². The Morgan fingerprint density at radius 2 is 2.22 bits per heavy atom. The van der Waals surface area contributed by atoms with Crippen molar-refractivity contribution in [2.24, 2.45) is 12.8 Å². The molecule has 1 saturated carbocycles. The maximum atomic E-state index is 5.64. The molecule has 0 bridgehead atoms. The molecule has 1 atom stereocenters. The molecule has 0 saturated heterocycles. The van der Waals surface area contributed by atoms with Gasteiger partial charge in [0.1, 0.15) is 5.82 Å². The minimum atomic E-state index is 0.527. The zero-order chi connectivity index (χ0) is 12.7. The number of aromatic nitrogens is 2. The number of nitrogens with two attached hydrogens (primary N) is 1. The van der Waals surface area contributed by atoms with Crippen molar-refractivity contribution >= 4 is 11.0 Å². The van der Waals surface area contributed by atoms with E-state index in [1.165, 1.54) is 29.7 Å². The first-order valence-electron chi connectivity index (χ1n) is 6.87. The number of fused-ring (bicyclic) bond motifs is 1. The lowest BCUT2D eigenvalue weighted by Crippen LogP contribution is -2.04. The van der Waals surface area contributed by atoms with Gasteiger partial charge in [0.15, 0.2) is 0 Å². The minimum Gasteiger partial charge on any atom is -0.331 e. The quantitative estimate of drug-likeness (QED) is 0.897. The van der Waals surface area contributed by atoms with Crippen LogP contribution >= 0.6 is 0 Å². The first-order valence-corrected chi connectivity index (χ1v) is 6.87. The van der Waals surface area contributed by atoms with Gasteiger partial charge in [0, 0.05) is 13.0 Å². The number of benzene rings is 1. The van der Waals surface area contributed by atoms with Crippen LogP contribution in [0.25, 0.3) is 11.0 Å². The topological polar surface area (TPSA) is 43.8 Å². The third-order valence-electron chi connectivity index (χ3n) is 4.05. The zero-order valence-electron chi connectivity index (χ0n) is 11.2. The summed E-state index contributed by atoms with van der Waals surface area (Å²) >= 11 is 0. The molecule has 0 radical (unpaired) electrons. The number of nitrogens with zero attached hydrogens (tertiary/aromatic N) is 2.